The Morgan fingerprint density at radius 2 is 2.29 bits per heavy atom. The van der Waals surface area contributed by atoms with Gasteiger partial charge in [0.1, 0.15) is 5.01 Å². The lowest BCUT2D eigenvalue weighted by atomic mass is 10.0. The zero-order chi connectivity index (χ0) is 16.9. The Hall–Kier alpha value is -1.99. The van der Waals surface area contributed by atoms with Crippen LogP contribution in [0.15, 0.2) is 34.7 Å². The lowest BCUT2D eigenvalue weighted by molar-refractivity contribution is 0.0610. The Kier molecular flexibility index (Phi) is 5.42. The van der Waals surface area contributed by atoms with Gasteiger partial charge in [-0.25, -0.2) is 4.98 Å². The predicted molar refractivity (Wildman–Crippen MR) is 92.3 cm³/mol. The SMILES string of the molecule is COCCn1cc(C(=O)N2CCCCC2c2nccs2)ccc1=O. The number of pyridine rings is 1. The van der Waals surface area contributed by atoms with Crippen molar-refractivity contribution in [3.8, 4) is 0 Å². The summed E-state index contributed by atoms with van der Waals surface area (Å²) < 4.78 is 6.55. The number of likely N-dealkylation sites (tertiary alicyclic amines) is 1. The number of methoxy groups -OCH3 is 1. The summed E-state index contributed by atoms with van der Waals surface area (Å²) in [6, 6.07) is 3.10. The van der Waals surface area contributed by atoms with Crippen LogP contribution in [-0.4, -0.2) is 40.6 Å². The molecule has 1 fully saturated rings. The fourth-order valence-electron chi connectivity index (χ4n) is 3.02. The van der Waals surface area contributed by atoms with E-state index in [-0.39, 0.29) is 17.5 Å². The Labute approximate surface area is 144 Å². The smallest absolute Gasteiger partial charge is 0.255 e. The van der Waals surface area contributed by atoms with Crippen LogP contribution in [0, 0.1) is 0 Å². The molecule has 0 N–H and O–H groups in total. The molecule has 3 heterocycles. The summed E-state index contributed by atoms with van der Waals surface area (Å²) >= 11 is 1.59. The van der Waals surface area contributed by atoms with Crippen LogP contribution in [0.5, 0.6) is 0 Å². The quantitative estimate of drug-likeness (QED) is 0.833. The van der Waals surface area contributed by atoms with Crippen molar-refractivity contribution in [3.63, 3.8) is 0 Å². The predicted octanol–water partition coefficient (Wildman–Crippen LogP) is 2.32. The van der Waals surface area contributed by atoms with E-state index in [1.165, 1.54) is 10.6 Å². The minimum Gasteiger partial charge on any atom is -0.383 e. The molecule has 0 radical (unpaired) electrons. The molecule has 1 unspecified atom stereocenters. The molecule has 0 spiro atoms. The molecule has 6 nitrogen and oxygen atoms in total. The van der Waals surface area contributed by atoms with Gasteiger partial charge in [0.15, 0.2) is 0 Å². The van der Waals surface area contributed by atoms with Crippen LogP contribution in [0.3, 0.4) is 0 Å². The van der Waals surface area contributed by atoms with Crippen molar-refractivity contribution in [2.75, 3.05) is 20.3 Å². The van der Waals surface area contributed by atoms with Crippen molar-refractivity contribution in [1.82, 2.24) is 14.5 Å². The standard InChI is InChI=1S/C17H21N3O3S/c1-23-10-9-19-12-13(5-6-15(19)21)17(22)20-8-3-2-4-14(20)16-18-7-11-24-16/h5-7,11-12,14H,2-4,8-10H2,1H3. The van der Waals surface area contributed by atoms with Crippen LogP contribution in [-0.2, 0) is 11.3 Å². The normalized spacial score (nSPS) is 17.9. The van der Waals surface area contributed by atoms with Crippen LogP contribution in [0.2, 0.25) is 0 Å². The van der Waals surface area contributed by atoms with E-state index in [9.17, 15) is 9.59 Å². The van der Waals surface area contributed by atoms with Gasteiger partial charge >= 0.3 is 0 Å². The summed E-state index contributed by atoms with van der Waals surface area (Å²) in [5, 5.41) is 2.92. The van der Waals surface area contributed by atoms with Crippen molar-refractivity contribution < 1.29 is 9.53 Å². The van der Waals surface area contributed by atoms with Crippen molar-refractivity contribution in [1.29, 1.82) is 0 Å². The first-order chi connectivity index (χ1) is 11.7. The van der Waals surface area contributed by atoms with Gasteiger partial charge in [-0.2, -0.15) is 0 Å². The van der Waals surface area contributed by atoms with E-state index in [0.29, 0.717) is 18.7 Å². The molecule has 0 bridgehead atoms. The lowest BCUT2D eigenvalue weighted by Gasteiger charge is -2.34. The molecular formula is C17H21N3O3S. The second-order valence-corrected chi connectivity index (χ2v) is 6.75. The number of thiazole rings is 1. The Morgan fingerprint density at radius 1 is 1.42 bits per heavy atom. The number of hydrogen-bond donors (Lipinski definition) is 0. The molecule has 2 aromatic rings. The fourth-order valence-corrected chi connectivity index (χ4v) is 3.80. The number of nitrogens with zero attached hydrogens (tertiary/aromatic N) is 3. The molecule has 0 aliphatic carbocycles. The highest BCUT2D eigenvalue weighted by atomic mass is 32.1. The summed E-state index contributed by atoms with van der Waals surface area (Å²) in [4.78, 5) is 31.2. The van der Waals surface area contributed by atoms with Crippen LogP contribution in [0.4, 0.5) is 0 Å². The van der Waals surface area contributed by atoms with Crippen LogP contribution in [0.1, 0.15) is 40.7 Å². The zero-order valence-corrected chi connectivity index (χ0v) is 14.5. The van der Waals surface area contributed by atoms with Crippen LogP contribution in [0.25, 0.3) is 0 Å². The van der Waals surface area contributed by atoms with Crippen molar-refractivity contribution in [2.24, 2.45) is 0 Å². The minimum atomic E-state index is -0.126. The first-order valence-electron chi connectivity index (χ1n) is 8.10. The van der Waals surface area contributed by atoms with E-state index in [4.69, 9.17) is 4.74 Å². The van der Waals surface area contributed by atoms with Crippen molar-refractivity contribution in [2.45, 2.75) is 31.8 Å². The topological polar surface area (TPSA) is 64.4 Å². The third-order valence-electron chi connectivity index (χ3n) is 4.27. The summed E-state index contributed by atoms with van der Waals surface area (Å²) in [6.45, 7) is 1.59. The van der Waals surface area contributed by atoms with Crippen molar-refractivity contribution in [3.05, 3.63) is 50.8 Å². The monoisotopic (exact) mass is 347 g/mol. The van der Waals surface area contributed by atoms with E-state index in [1.54, 1.807) is 36.9 Å². The van der Waals surface area contributed by atoms with Gasteiger partial charge in [-0.1, -0.05) is 0 Å². The first-order valence-corrected chi connectivity index (χ1v) is 8.98. The summed E-state index contributed by atoms with van der Waals surface area (Å²) in [6.07, 6.45) is 6.44. The molecular weight excluding hydrogens is 326 g/mol. The molecule has 24 heavy (non-hydrogen) atoms. The number of hydrogen-bond acceptors (Lipinski definition) is 5. The van der Waals surface area contributed by atoms with E-state index >= 15 is 0 Å². The average molecular weight is 347 g/mol. The van der Waals surface area contributed by atoms with Gasteiger partial charge in [-0.05, 0) is 25.3 Å². The van der Waals surface area contributed by atoms with Gasteiger partial charge in [0.05, 0.1) is 18.2 Å². The summed E-state index contributed by atoms with van der Waals surface area (Å²) in [5.74, 6) is -0.0407. The number of amides is 1. The zero-order valence-electron chi connectivity index (χ0n) is 13.7. The molecule has 1 amide bonds. The Bertz CT molecular complexity index is 742. The van der Waals surface area contributed by atoms with Gasteiger partial charge in [0, 0.05) is 44.0 Å². The maximum Gasteiger partial charge on any atom is 0.255 e. The highest BCUT2D eigenvalue weighted by Gasteiger charge is 2.30. The molecule has 128 valence electrons. The highest BCUT2D eigenvalue weighted by molar-refractivity contribution is 7.09. The molecule has 2 aromatic heterocycles. The molecule has 7 heteroatoms. The molecule has 3 rings (SSSR count). The van der Waals surface area contributed by atoms with E-state index in [1.807, 2.05) is 10.3 Å². The van der Waals surface area contributed by atoms with E-state index < -0.39 is 0 Å². The number of ether oxygens (including phenoxy) is 1. The average Bonchev–Trinajstić information content (AvgIpc) is 3.15. The summed E-state index contributed by atoms with van der Waals surface area (Å²) in [5.41, 5.74) is 0.410. The first kappa shape index (κ1) is 16.9. The molecule has 1 saturated heterocycles. The number of aromatic nitrogens is 2. The fraction of sp³-hybridized carbons (Fsp3) is 0.471. The number of carbonyl (C=O) groups is 1. The van der Waals surface area contributed by atoms with Gasteiger partial charge in [-0.3, -0.25) is 9.59 Å². The molecule has 0 saturated carbocycles. The molecule has 1 aliphatic rings. The third-order valence-corrected chi connectivity index (χ3v) is 5.14. The highest BCUT2D eigenvalue weighted by Crippen LogP contribution is 2.32. The van der Waals surface area contributed by atoms with Crippen LogP contribution >= 0.6 is 11.3 Å². The lowest BCUT2D eigenvalue weighted by Crippen LogP contribution is -2.39. The second kappa shape index (κ2) is 7.72. The number of carbonyl (C=O) groups excluding carboxylic acids is 1. The van der Waals surface area contributed by atoms with E-state index in [0.717, 1.165) is 30.8 Å². The van der Waals surface area contributed by atoms with Crippen molar-refractivity contribution >= 4 is 17.2 Å². The summed E-state index contributed by atoms with van der Waals surface area (Å²) in [7, 11) is 1.59. The third kappa shape index (κ3) is 3.57. The Morgan fingerprint density at radius 3 is 3.04 bits per heavy atom. The molecule has 1 aliphatic heterocycles. The molecule has 1 atom stereocenters. The largest absolute Gasteiger partial charge is 0.383 e. The molecule has 0 aromatic carbocycles. The number of rotatable bonds is 5. The maximum atomic E-state index is 13.0. The van der Waals surface area contributed by atoms with Gasteiger partial charge < -0.3 is 14.2 Å². The van der Waals surface area contributed by atoms with E-state index in [2.05, 4.69) is 4.98 Å². The van der Waals surface area contributed by atoms with Gasteiger partial charge in [-0.15, -0.1) is 11.3 Å². The van der Waals surface area contributed by atoms with Gasteiger partial charge in [0.2, 0.25) is 0 Å². The Balaban J connectivity index is 1.85. The number of piperidine rings is 1. The minimum absolute atomic E-state index is 0.0330. The maximum absolute atomic E-state index is 13.0. The van der Waals surface area contributed by atoms with Crippen LogP contribution < -0.4 is 5.56 Å². The second-order valence-electron chi connectivity index (χ2n) is 5.82. The van der Waals surface area contributed by atoms with Gasteiger partial charge in [0.25, 0.3) is 11.5 Å².